The quantitative estimate of drug-likeness (QED) is 0.677. The minimum atomic E-state index is 0.730. The molecular formula is C16H15N4+. The first kappa shape index (κ1) is 12.3. The van der Waals surface area contributed by atoms with Crippen LogP contribution < -0.4 is 9.69 Å². The summed E-state index contributed by atoms with van der Waals surface area (Å²) in [6.45, 7) is 0.730. The number of hydrogen-bond acceptors (Lipinski definition) is 3. The fourth-order valence-corrected chi connectivity index (χ4v) is 2.01. The van der Waals surface area contributed by atoms with Crippen molar-refractivity contribution in [1.29, 1.82) is 0 Å². The summed E-state index contributed by atoms with van der Waals surface area (Å²) in [5.41, 5.74) is 1.22. The van der Waals surface area contributed by atoms with Crippen molar-refractivity contribution in [2.45, 2.75) is 6.54 Å². The highest BCUT2D eigenvalue weighted by molar-refractivity contribution is 5.32. The standard InChI is InChI=1S/C16H15N4/c1-3-7-15(8-4-1)14-20(16-13-17-9-10-18-16)19-11-5-2-6-12-19/h1-13H,14H2/q+1. The van der Waals surface area contributed by atoms with Crippen molar-refractivity contribution in [3.8, 4) is 0 Å². The minimum absolute atomic E-state index is 0.730. The molecule has 0 saturated heterocycles. The highest BCUT2D eigenvalue weighted by Crippen LogP contribution is 2.10. The van der Waals surface area contributed by atoms with Gasteiger partial charge in [-0.3, -0.25) is 4.98 Å². The maximum atomic E-state index is 4.39. The second-order valence-electron chi connectivity index (χ2n) is 4.36. The summed E-state index contributed by atoms with van der Waals surface area (Å²) in [6.07, 6.45) is 9.15. The Morgan fingerprint density at radius 2 is 1.65 bits per heavy atom. The molecule has 0 aliphatic carbocycles. The number of aromatic nitrogens is 3. The van der Waals surface area contributed by atoms with Gasteiger partial charge in [-0.2, -0.15) is 0 Å². The number of benzene rings is 1. The number of pyridine rings is 1. The van der Waals surface area contributed by atoms with E-state index < -0.39 is 0 Å². The molecule has 0 N–H and O–H groups in total. The summed E-state index contributed by atoms with van der Waals surface area (Å²) in [7, 11) is 0. The van der Waals surface area contributed by atoms with Gasteiger partial charge in [-0.25, -0.2) is 4.98 Å². The van der Waals surface area contributed by atoms with E-state index in [0.29, 0.717) is 0 Å². The number of anilines is 1. The molecule has 0 bridgehead atoms. The molecule has 0 radical (unpaired) electrons. The minimum Gasteiger partial charge on any atom is -0.259 e. The van der Waals surface area contributed by atoms with E-state index >= 15 is 0 Å². The Morgan fingerprint density at radius 1 is 0.900 bits per heavy atom. The van der Waals surface area contributed by atoms with E-state index in [2.05, 4.69) is 27.1 Å². The molecule has 0 aliphatic rings. The van der Waals surface area contributed by atoms with Gasteiger partial charge in [0.1, 0.15) is 6.54 Å². The molecular weight excluding hydrogens is 248 g/mol. The van der Waals surface area contributed by atoms with Gasteiger partial charge in [-0.05, 0) is 5.56 Å². The topological polar surface area (TPSA) is 32.9 Å². The molecule has 4 heteroatoms. The van der Waals surface area contributed by atoms with Crippen LogP contribution in [0, 0.1) is 0 Å². The molecule has 0 spiro atoms. The van der Waals surface area contributed by atoms with Crippen LogP contribution in [0.25, 0.3) is 0 Å². The van der Waals surface area contributed by atoms with Crippen LogP contribution in [0.15, 0.2) is 79.5 Å². The van der Waals surface area contributed by atoms with Crippen LogP contribution in [0.3, 0.4) is 0 Å². The second-order valence-corrected chi connectivity index (χ2v) is 4.36. The van der Waals surface area contributed by atoms with Gasteiger partial charge in [-0.1, -0.05) is 41.1 Å². The van der Waals surface area contributed by atoms with E-state index in [4.69, 9.17) is 0 Å². The molecule has 2 aromatic heterocycles. The Labute approximate surface area is 118 Å². The summed E-state index contributed by atoms with van der Waals surface area (Å²) < 4.78 is 2.01. The van der Waals surface area contributed by atoms with Crippen LogP contribution in [-0.4, -0.2) is 9.97 Å². The highest BCUT2D eigenvalue weighted by atomic mass is 15.6. The molecule has 2 heterocycles. The fourth-order valence-electron chi connectivity index (χ4n) is 2.01. The second kappa shape index (κ2) is 5.93. The Kier molecular flexibility index (Phi) is 3.64. The molecule has 0 aliphatic heterocycles. The van der Waals surface area contributed by atoms with Crippen molar-refractivity contribution in [2.24, 2.45) is 0 Å². The van der Waals surface area contributed by atoms with Crippen LogP contribution in [0.4, 0.5) is 5.82 Å². The van der Waals surface area contributed by atoms with E-state index in [-0.39, 0.29) is 0 Å². The van der Waals surface area contributed by atoms with Gasteiger partial charge in [-0.15, -0.1) is 5.01 Å². The van der Waals surface area contributed by atoms with Gasteiger partial charge in [0, 0.05) is 24.5 Å². The summed E-state index contributed by atoms with van der Waals surface area (Å²) >= 11 is 0. The van der Waals surface area contributed by atoms with E-state index in [9.17, 15) is 0 Å². The van der Waals surface area contributed by atoms with Crippen molar-refractivity contribution in [3.63, 3.8) is 0 Å². The lowest BCUT2D eigenvalue weighted by Crippen LogP contribution is -2.53. The Morgan fingerprint density at radius 3 is 2.35 bits per heavy atom. The molecule has 0 unspecified atom stereocenters. The van der Waals surface area contributed by atoms with E-state index in [1.165, 1.54) is 5.56 Å². The van der Waals surface area contributed by atoms with Crippen LogP contribution >= 0.6 is 0 Å². The number of rotatable bonds is 4. The number of nitrogens with zero attached hydrogens (tertiary/aromatic N) is 4. The zero-order valence-corrected chi connectivity index (χ0v) is 11.0. The number of hydrogen-bond donors (Lipinski definition) is 0. The lowest BCUT2D eigenvalue weighted by molar-refractivity contribution is -0.686. The first-order valence-electron chi connectivity index (χ1n) is 6.47. The molecule has 0 fully saturated rings. The van der Waals surface area contributed by atoms with Crippen LogP contribution in [-0.2, 0) is 6.54 Å². The predicted octanol–water partition coefficient (Wildman–Crippen LogP) is 2.23. The van der Waals surface area contributed by atoms with Gasteiger partial charge in [0.05, 0.1) is 6.20 Å². The molecule has 0 saturated carbocycles. The average Bonchev–Trinajstić information content (AvgIpc) is 2.55. The normalized spacial score (nSPS) is 10.2. The zero-order valence-electron chi connectivity index (χ0n) is 11.0. The van der Waals surface area contributed by atoms with Gasteiger partial charge in [0.2, 0.25) is 5.82 Å². The van der Waals surface area contributed by atoms with E-state index in [1.54, 1.807) is 18.6 Å². The largest absolute Gasteiger partial charge is 0.259 e. The molecule has 1 aromatic carbocycles. The van der Waals surface area contributed by atoms with Crippen LogP contribution in [0.5, 0.6) is 0 Å². The SMILES string of the molecule is c1ccc(CN(c2cnccn2)[n+]2ccccc2)cc1. The lowest BCUT2D eigenvalue weighted by atomic mass is 10.2. The van der Waals surface area contributed by atoms with Gasteiger partial charge in [0.15, 0.2) is 12.4 Å². The predicted molar refractivity (Wildman–Crippen MR) is 76.7 cm³/mol. The first-order valence-corrected chi connectivity index (χ1v) is 6.47. The first-order chi connectivity index (χ1) is 9.93. The fraction of sp³-hybridized carbons (Fsp3) is 0.0625. The molecule has 0 amide bonds. The maximum absolute atomic E-state index is 4.39. The third-order valence-corrected chi connectivity index (χ3v) is 2.97. The van der Waals surface area contributed by atoms with Gasteiger partial charge in [0.25, 0.3) is 0 Å². The van der Waals surface area contributed by atoms with E-state index in [0.717, 1.165) is 12.4 Å². The van der Waals surface area contributed by atoms with Crippen molar-refractivity contribution >= 4 is 5.82 Å². The molecule has 0 atom stereocenters. The van der Waals surface area contributed by atoms with Crippen molar-refractivity contribution in [2.75, 3.05) is 5.01 Å². The molecule has 20 heavy (non-hydrogen) atoms. The monoisotopic (exact) mass is 263 g/mol. The molecule has 98 valence electrons. The Balaban J connectivity index is 1.96. The summed E-state index contributed by atoms with van der Waals surface area (Å²) in [5, 5.41) is 2.07. The van der Waals surface area contributed by atoms with Crippen molar-refractivity contribution in [1.82, 2.24) is 9.97 Å². The van der Waals surface area contributed by atoms with Crippen LogP contribution in [0.1, 0.15) is 5.56 Å². The highest BCUT2D eigenvalue weighted by Gasteiger charge is 2.17. The molecule has 4 nitrogen and oxygen atoms in total. The third kappa shape index (κ3) is 2.80. The molecule has 3 aromatic rings. The van der Waals surface area contributed by atoms with Crippen molar-refractivity contribution < 1.29 is 4.68 Å². The van der Waals surface area contributed by atoms with Crippen LogP contribution in [0.2, 0.25) is 0 Å². The smallest absolute Gasteiger partial charge is 0.207 e. The Hall–Kier alpha value is -2.75. The van der Waals surface area contributed by atoms with E-state index in [1.807, 2.05) is 53.5 Å². The molecule has 3 rings (SSSR count). The Bertz CT molecular complexity index is 602. The van der Waals surface area contributed by atoms with Gasteiger partial charge < -0.3 is 0 Å². The lowest BCUT2D eigenvalue weighted by Gasteiger charge is -2.16. The van der Waals surface area contributed by atoms with Crippen molar-refractivity contribution in [3.05, 3.63) is 85.1 Å². The maximum Gasteiger partial charge on any atom is 0.207 e. The van der Waals surface area contributed by atoms with Gasteiger partial charge >= 0.3 is 0 Å². The zero-order chi connectivity index (χ0) is 13.6. The summed E-state index contributed by atoms with van der Waals surface area (Å²) in [5.74, 6) is 0.813. The third-order valence-electron chi connectivity index (χ3n) is 2.97. The summed E-state index contributed by atoms with van der Waals surface area (Å²) in [4.78, 5) is 8.55. The summed E-state index contributed by atoms with van der Waals surface area (Å²) in [6, 6.07) is 16.3. The average molecular weight is 263 g/mol.